The zero-order chi connectivity index (χ0) is 20.6. The molecule has 2 heterocycles. The number of carbonyl (C=O) groups is 1. The van der Waals surface area contributed by atoms with Crippen molar-refractivity contribution < 1.29 is 27.4 Å². The lowest BCUT2D eigenvalue weighted by Gasteiger charge is -2.33. The first-order valence-electron chi connectivity index (χ1n) is 9.14. The van der Waals surface area contributed by atoms with E-state index in [0.29, 0.717) is 38.5 Å². The number of hydrogen-bond acceptors (Lipinski definition) is 5. The van der Waals surface area contributed by atoms with E-state index in [-0.39, 0.29) is 25.0 Å². The third kappa shape index (κ3) is 6.00. The quantitative estimate of drug-likeness (QED) is 0.341. The van der Waals surface area contributed by atoms with E-state index in [2.05, 4.69) is 15.3 Å². The summed E-state index contributed by atoms with van der Waals surface area (Å²) < 4.78 is 49.0. The Hall–Kier alpha value is -2.52. The van der Waals surface area contributed by atoms with Crippen LogP contribution in [-0.4, -0.2) is 61.7 Å². The van der Waals surface area contributed by atoms with Crippen LogP contribution in [0.5, 0.6) is 5.88 Å². The molecule has 7 nitrogen and oxygen atoms in total. The van der Waals surface area contributed by atoms with Crippen LogP contribution in [0.15, 0.2) is 23.3 Å². The number of aromatic nitrogens is 1. The van der Waals surface area contributed by atoms with Crippen molar-refractivity contribution in [1.82, 2.24) is 15.2 Å². The number of alkyl halides is 3. The summed E-state index contributed by atoms with van der Waals surface area (Å²) in [5.41, 5.74) is -0.902. The first kappa shape index (κ1) is 21.8. The molecule has 1 saturated heterocycles. The molecule has 1 aromatic heterocycles. The smallest absolute Gasteiger partial charge is 0.421 e. The highest BCUT2D eigenvalue weighted by Gasteiger charge is 2.35. The van der Waals surface area contributed by atoms with Crippen molar-refractivity contribution in [2.45, 2.75) is 25.9 Å². The van der Waals surface area contributed by atoms with Crippen molar-refractivity contribution in [2.24, 2.45) is 10.9 Å². The van der Waals surface area contributed by atoms with Crippen molar-refractivity contribution in [3.63, 3.8) is 0 Å². The molecule has 1 aliphatic heterocycles. The molecular weight excluding hydrogens is 377 g/mol. The first-order valence-corrected chi connectivity index (χ1v) is 9.14. The number of guanidine groups is 1. The van der Waals surface area contributed by atoms with Gasteiger partial charge in [0.1, 0.15) is 12.2 Å². The van der Waals surface area contributed by atoms with Crippen LogP contribution in [0.4, 0.5) is 13.2 Å². The Morgan fingerprint density at radius 2 is 2.11 bits per heavy atom. The number of likely N-dealkylation sites (tertiary alicyclic amines) is 1. The van der Waals surface area contributed by atoms with E-state index in [9.17, 15) is 18.0 Å². The van der Waals surface area contributed by atoms with Gasteiger partial charge in [-0.3, -0.25) is 9.79 Å². The van der Waals surface area contributed by atoms with Crippen LogP contribution >= 0.6 is 0 Å². The predicted octanol–water partition coefficient (Wildman–Crippen LogP) is 2.33. The molecule has 0 aromatic carbocycles. The number of nitrogens with zero attached hydrogens (tertiary/aromatic N) is 3. The Kier molecular flexibility index (Phi) is 7.89. The van der Waals surface area contributed by atoms with Gasteiger partial charge in [-0.05, 0) is 31.9 Å². The number of hydrogen-bond donors (Lipinski definition) is 1. The standard InChI is InChI=1S/C18H25F3N4O3/c1-3-27-16(26)13-6-10-25(11-7-13)17(22-2)24-9-12-28-15-14(18(19,20)21)5-4-8-23-15/h4-5,8,13H,3,6-7,9-12H2,1-2H3,(H,22,24). The fraction of sp³-hybridized carbons (Fsp3) is 0.611. The van der Waals surface area contributed by atoms with Gasteiger partial charge < -0.3 is 19.7 Å². The minimum Gasteiger partial charge on any atom is -0.475 e. The number of esters is 1. The summed E-state index contributed by atoms with van der Waals surface area (Å²) >= 11 is 0. The molecule has 0 unspecified atom stereocenters. The molecule has 0 saturated carbocycles. The summed E-state index contributed by atoms with van der Waals surface area (Å²) in [5.74, 6) is -0.109. The van der Waals surface area contributed by atoms with Gasteiger partial charge in [-0.25, -0.2) is 4.98 Å². The number of rotatable bonds is 6. The minimum atomic E-state index is -4.52. The van der Waals surface area contributed by atoms with Crippen molar-refractivity contribution >= 4 is 11.9 Å². The van der Waals surface area contributed by atoms with Crippen LogP contribution in [0.1, 0.15) is 25.3 Å². The largest absolute Gasteiger partial charge is 0.475 e. The van der Waals surface area contributed by atoms with Gasteiger partial charge in [-0.2, -0.15) is 13.2 Å². The van der Waals surface area contributed by atoms with Gasteiger partial charge in [0.15, 0.2) is 5.96 Å². The van der Waals surface area contributed by atoms with Gasteiger partial charge in [-0.1, -0.05) is 0 Å². The summed E-state index contributed by atoms with van der Waals surface area (Å²) in [7, 11) is 1.63. The highest BCUT2D eigenvalue weighted by Crippen LogP contribution is 2.34. The fourth-order valence-electron chi connectivity index (χ4n) is 2.95. The van der Waals surface area contributed by atoms with Gasteiger partial charge in [0.2, 0.25) is 5.88 Å². The van der Waals surface area contributed by atoms with Crippen molar-refractivity contribution in [3.8, 4) is 5.88 Å². The Morgan fingerprint density at radius 1 is 1.39 bits per heavy atom. The summed E-state index contributed by atoms with van der Waals surface area (Å²) in [6, 6.07) is 2.15. The molecule has 0 amide bonds. The van der Waals surface area contributed by atoms with Crippen LogP contribution in [0.2, 0.25) is 0 Å². The van der Waals surface area contributed by atoms with E-state index in [1.54, 1.807) is 14.0 Å². The molecule has 2 rings (SSSR count). The number of nitrogens with one attached hydrogen (secondary N) is 1. The average molecular weight is 402 g/mol. The highest BCUT2D eigenvalue weighted by molar-refractivity contribution is 5.80. The van der Waals surface area contributed by atoms with Crippen LogP contribution in [0, 0.1) is 5.92 Å². The van der Waals surface area contributed by atoms with Crippen LogP contribution in [0.25, 0.3) is 0 Å². The van der Waals surface area contributed by atoms with Crippen molar-refractivity contribution in [1.29, 1.82) is 0 Å². The maximum absolute atomic E-state index is 12.9. The third-order valence-electron chi connectivity index (χ3n) is 4.33. The van der Waals surface area contributed by atoms with E-state index < -0.39 is 17.6 Å². The van der Waals surface area contributed by atoms with Crippen molar-refractivity contribution in [3.05, 3.63) is 23.9 Å². The van der Waals surface area contributed by atoms with Gasteiger partial charge in [-0.15, -0.1) is 0 Å². The summed E-state index contributed by atoms with van der Waals surface area (Å²) in [5, 5.41) is 3.06. The van der Waals surface area contributed by atoms with E-state index >= 15 is 0 Å². The van der Waals surface area contributed by atoms with Gasteiger partial charge in [0.25, 0.3) is 0 Å². The Balaban J connectivity index is 1.79. The molecule has 1 aromatic rings. The average Bonchev–Trinajstić information content (AvgIpc) is 2.68. The fourth-order valence-corrected chi connectivity index (χ4v) is 2.95. The molecule has 1 aliphatic rings. The van der Waals surface area contributed by atoms with Gasteiger partial charge >= 0.3 is 12.1 Å². The van der Waals surface area contributed by atoms with E-state index in [1.807, 2.05) is 4.90 Å². The number of pyridine rings is 1. The molecule has 10 heteroatoms. The second-order valence-corrected chi connectivity index (χ2v) is 6.19. The zero-order valence-electron chi connectivity index (χ0n) is 16.0. The van der Waals surface area contributed by atoms with E-state index in [0.717, 1.165) is 6.07 Å². The van der Waals surface area contributed by atoms with Crippen LogP contribution in [0.3, 0.4) is 0 Å². The second kappa shape index (κ2) is 10.1. The number of halogens is 3. The lowest BCUT2D eigenvalue weighted by atomic mass is 9.97. The number of carbonyl (C=O) groups excluding carboxylic acids is 1. The third-order valence-corrected chi connectivity index (χ3v) is 4.33. The molecule has 1 fully saturated rings. The normalized spacial score (nSPS) is 16.0. The first-order chi connectivity index (χ1) is 13.4. The maximum atomic E-state index is 12.9. The van der Waals surface area contributed by atoms with Crippen LogP contribution in [-0.2, 0) is 15.7 Å². The lowest BCUT2D eigenvalue weighted by Crippen LogP contribution is -2.47. The molecule has 156 valence electrons. The number of piperidine rings is 1. The van der Waals surface area contributed by atoms with Gasteiger partial charge in [0.05, 0.1) is 19.1 Å². The zero-order valence-corrected chi connectivity index (χ0v) is 16.0. The molecule has 0 radical (unpaired) electrons. The summed E-state index contributed by atoms with van der Waals surface area (Å²) in [4.78, 5) is 21.6. The Bertz CT molecular complexity index is 674. The molecule has 28 heavy (non-hydrogen) atoms. The molecule has 0 aliphatic carbocycles. The molecular formula is C18H25F3N4O3. The molecule has 0 spiro atoms. The Labute approximate surface area is 161 Å². The number of ether oxygens (including phenoxy) is 2. The van der Waals surface area contributed by atoms with Gasteiger partial charge in [0, 0.05) is 26.3 Å². The lowest BCUT2D eigenvalue weighted by molar-refractivity contribution is -0.149. The molecule has 0 bridgehead atoms. The number of aliphatic imine (C=N–C) groups is 1. The molecule has 0 atom stereocenters. The topological polar surface area (TPSA) is 76.0 Å². The second-order valence-electron chi connectivity index (χ2n) is 6.19. The summed E-state index contributed by atoms with van der Waals surface area (Å²) in [6.07, 6.45) is -1.93. The monoisotopic (exact) mass is 402 g/mol. The maximum Gasteiger partial charge on any atom is 0.421 e. The van der Waals surface area contributed by atoms with E-state index in [1.165, 1.54) is 12.3 Å². The Morgan fingerprint density at radius 3 is 2.71 bits per heavy atom. The van der Waals surface area contributed by atoms with E-state index in [4.69, 9.17) is 9.47 Å². The SMILES string of the molecule is CCOC(=O)C1CCN(C(=NC)NCCOc2ncccc2C(F)(F)F)CC1. The highest BCUT2D eigenvalue weighted by atomic mass is 19.4. The van der Waals surface area contributed by atoms with Crippen molar-refractivity contribution in [2.75, 3.05) is 39.9 Å². The van der Waals surface area contributed by atoms with Crippen LogP contribution < -0.4 is 10.1 Å². The molecule has 1 N–H and O–H groups in total. The summed E-state index contributed by atoms with van der Waals surface area (Å²) in [6.45, 7) is 3.69. The minimum absolute atomic E-state index is 0.00158. The predicted molar refractivity (Wildman–Crippen MR) is 97.0 cm³/mol.